The molecule has 5 heteroatoms. The summed E-state index contributed by atoms with van der Waals surface area (Å²) in [7, 11) is 2.65. The SMILES string of the molecule is COC(=O)CCC(S)CC(=O)OC. The number of hydrogen-bond acceptors (Lipinski definition) is 5. The molecule has 1 unspecified atom stereocenters. The zero-order valence-electron chi connectivity index (χ0n) is 7.78. The van der Waals surface area contributed by atoms with Crippen LogP contribution in [0.5, 0.6) is 0 Å². The van der Waals surface area contributed by atoms with E-state index in [1.54, 1.807) is 0 Å². The Morgan fingerprint density at radius 1 is 1.23 bits per heavy atom. The molecule has 0 fully saturated rings. The molecule has 76 valence electrons. The topological polar surface area (TPSA) is 52.6 Å². The Morgan fingerprint density at radius 2 is 1.77 bits per heavy atom. The zero-order valence-corrected chi connectivity index (χ0v) is 8.67. The highest BCUT2D eigenvalue weighted by Crippen LogP contribution is 2.10. The minimum absolute atomic E-state index is 0.147. The highest BCUT2D eigenvalue weighted by atomic mass is 32.1. The van der Waals surface area contributed by atoms with Crippen LogP contribution in [0.2, 0.25) is 0 Å². The molecule has 13 heavy (non-hydrogen) atoms. The van der Waals surface area contributed by atoms with Crippen molar-refractivity contribution in [2.75, 3.05) is 14.2 Å². The minimum atomic E-state index is -0.315. The Bertz CT molecular complexity index is 181. The standard InChI is InChI=1S/C8H14O4S/c1-11-7(9)4-3-6(13)5-8(10)12-2/h6,13H,3-5H2,1-2H3. The summed E-state index contributed by atoms with van der Waals surface area (Å²) in [5.41, 5.74) is 0. The second kappa shape index (κ2) is 6.77. The first-order chi connectivity index (χ1) is 6.10. The molecule has 0 bridgehead atoms. The monoisotopic (exact) mass is 206 g/mol. The van der Waals surface area contributed by atoms with Crippen LogP contribution >= 0.6 is 12.6 Å². The van der Waals surface area contributed by atoms with E-state index in [1.807, 2.05) is 0 Å². The average Bonchev–Trinajstić information content (AvgIpc) is 2.13. The molecule has 0 radical (unpaired) electrons. The predicted molar refractivity (Wildman–Crippen MR) is 50.7 cm³/mol. The fourth-order valence-corrected chi connectivity index (χ4v) is 1.04. The van der Waals surface area contributed by atoms with Crippen molar-refractivity contribution in [2.45, 2.75) is 24.5 Å². The molecule has 1 atom stereocenters. The van der Waals surface area contributed by atoms with Crippen molar-refractivity contribution in [2.24, 2.45) is 0 Å². The molecular weight excluding hydrogens is 192 g/mol. The summed E-state index contributed by atoms with van der Waals surface area (Å²) in [6, 6.07) is 0. The van der Waals surface area contributed by atoms with Crippen molar-refractivity contribution in [3.8, 4) is 0 Å². The van der Waals surface area contributed by atoms with Crippen molar-refractivity contribution in [1.29, 1.82) is 0 Å². The number of rotatable bonds is 5. The molecule has 0 aliphatic heterocycles. The van der Waals surface area contributed by atoms with Gasteiger partial charge in [-0.3, -0.25) is 9.59 Å². The van der Waals surface area contributed by atoms with Crippen LogP contribution in [0.15, 0.2) is 0 Å². The molecule has 0 aromatic heterocycles. The summed E-state index contributed by atoms with van der Waals surface area (Å²) in [6.07, 6.45) is 1.02. The highest BCUT2D eigenvalue weighted by Gasteiger charge is 2.11. The van der Waals surface area contributed by atoms with Crippen molar-refractivity contribution >= 4 is 24.6 Å². The maximum absolute atomic E-state index is 10.7. The van der Waals surface area contributed by atoms with Crippen LogP contribution in [0.1, 0.15) is 19.3 Å². The summed E-state index contributed by atoms with van der Waals surface area (Å²) in [5, 5.41) is -0.147. The van der Waals surface area contributed by atoms with E-state index < -0.39 is 0 Å². The van der Waals surface area contributed by atoms with Gasteiger partial charge in [0.15, 0.2) is 0 Å². The van der Waals surface area contributed by atoms with E-state index in [9.17, 15) is 9.59 Å². The number of carbonyl (C=O) groups is 2. The van der Waals surface area contributed by atoms with Crippen LogP contribution in [0, 0.1) is 0 Å². The van der Waals surface area contributed by atoms with E-state index in [2.05, 4.69) is 22.1 Å². The Kier molecular flexibility index (Phi) is 6.40. The lowest BCUT2D eigenvalue weighted by Crippen LogP contribution is -2.12. The van der Waals surface area contributed by atoms with Gasteiger partial charge in [0, 0.05) is 11.7 Å². The summed E-state index contributed by atoms with van der Waals surface area (Å²) in [6.45, 7) is 0. The third kappa shape index (κ3) is 6.45. The first kappa shape index (κ1) is 12.3. The number of carbonyl (C=O) groups excluding carboxylic acids is 2. The molecule has 0 N–H and O–H groups in total. The smallest absolute Gasteiger partial charge is 0.306 e. The van der Waals surface area contributed by atoms with Gasteiger partial charge in [-0.05, 0) is 6.42 Å². The number of esters is 2. The molecular formula is C8H14O4S. The molecule has 0 aromatic rings. The Morgan fingerprint density at radius 3 is 2.23 bits per heavy atom. The number of thiol groups is 1. The van der Waals surface area contributed by atoms with Crippen LogP contribution in [0.3, 0.4) is 0 Å². The molecule has 0 saturated heterocycles. The normalized spacial score (nSPS) is 11.9. The molecule has 0 amide bonds. The lowest BCUT2D eigenvalue weighted by atomic mass is 10.2. The van der Waals surface area contributed by atoms with Gasteiger partial charge in [-0.2, -0.15) is 12.6 Å². The second-order valence-electron chi connectivity index (χ2n) is 2.55. The minimum Gasteiger partial charge on any atom is -0.469 e. The van der Waals surface area contributed by atoms with Crippen LogP contribution in [0.25, 0.3) is 0 Å². The largest absolute Gasteiger partial charge is 0.469 e. The molecule has 4 nitrogen and oxygen atoms in total. The molecule has 0 saturated carbocycles. The van der Waals surface area contributed by atoms with Gasteiger partial charge >= 0.3 is 11.9 Å². The number of methoxy groups -OCH3 is 2. The van der Waals surface area contributed by atoms with Crippen molar-refractivity contribution in [3.63, 3.8) is 0 Å². The number of ether oxygens (including phenoxy) is 2. The maximum atomic E-state index is 10.7. The fraction of sp³-hybridized carbons (Fsp3) is 0.750. The van der Waals surface area contributed by atoms with Crippen LogP contribution < -0.4 is 0 Å². The van der Waals surface area contributed by atoms with Gasteiger partial charge < -0.3 is 9.47 Å². The van der Waals surface area contributed by atoms with E-state index in [0.29, 0.717) is 6.42 Å². The van der Waals surface area contributed by atoms with Crippen molar-refractivity contribution in [3.05, 3.63) is 0 Å². The first-order valence-corrected chi connectivity index (χ1v) is 4.43. The molecule has 0 heterocycles. The Labute approximate surface area is 83.0 Å². The number of hydrogen-bond donors (Lipinski definition) is 1. The lowest BCUT2D eigenvalue weighted by Gasteiger charge is -2.07. The van der Waals surface area contributed by atoms with Gasteiger partial charge in [0.2, 0.25) is 0 Å². The van der Waals surface area contributed by atoms with Crippen molar-refractivity contribution in [1.82, 2.24) is 0 Å². The van der Waals surface area contributed by atoms with Gasteiger partial charge in [0.05, 0.1) is 20.6 Å². The summed E-state index contributed by atoms with van der Waals surface area (Å²) in [5.74, 6) is -0.603. The second-order valence-corrected chi connectivity index (χ2v) is 3.28. The summed E-state index contributed by atoms with van der Waals surface area (Å²) in [4.78, 5) is 21.4. The summed E-state index contributed by atoms with van der Waals surface area (Å²) < 4.78 is 8.89. The van der Waals surface area contributed by atoms with E-state index in [1.165, 1.54) is 14.2 Å². The van der Waals surface area contributed by atoms with Gasteiger partial charge in [0.25, 0.3) is 0 Å². The fourth-order valence-electron chi connectivity index (χ4n) is 0.764. The zero-order chi connectivity index (χ0) is 10.3. The van der Waals surface area contributed by atoms with E-state index in [4.69, 9.17) is 0 Å². The first-order valence-electron chi connectivity index (χ1n) is 3.91. The van der Waals surface area contributed by atoms with Crippen LogP contribution in [-0.4, -0.2) is 31.4 Å². The van der Waals surface area contributed by atoms with Crippen molar-refractivity contribution < 1.29 is 19.1 Å². The molecule has 0 rings (SSSR count). The molecule has 0 aliphatic rings. The van der Waals surface area contributed by atoms with Gasteiger partial charge in [-0.1, -0.05) is 0 Å². The van der Waals surface area contributed by atoms with Crippen LogP contribution in [0.4, 0.5) is 0 Å². The Hall–Kier alpha value is -0.710. The van der Waals surface area contributed by atoms with Gasteiger partial charge in [-0.25, -0.2) is 0 Å². The summed E-state index contributed by atoms with van der Waals surface area (Å²) >= 11 is 4.13. The van der Waals surface area contributed by atoms with E-state index in [0.717, 1.165) is 0 Å². The highest BCUT2D eigenvalue weighted by molar-refractivity contribution is 7.81. The van der Waals surface area contributed by atoms with E-state index >= 15 is 0 Å². The third-order valence-electron chi connectivity index (χ3n) is 1.54. The third-order valence-corrected chi connectivity index (χ3v) is 1.98. The van der Waals surface area contributed by atoms with Gasteiger partial charge in [0.1, 0.15) is 0 Å². The van der Waals surface area contributed by atoms with E-state index in [-0.39, 0.29) is 30.0 Å². The van der Waals surface area contributed by atoms with Crippen LogP contribution in [-0.2, 0) is 19.1 Å². The predicted octanol–water partition coefficient (Wildman–Crippen LogP) is 0.801. The lowest BCUT2D eigenvalue weighted by molar-refractivity contribution is -0.142. The maximum Gasteiger partial charge on any atom is 0.306 e. The molecule has 0 aromatic carbocycles. The average molecular weight is 206 g/mol. The molecule has 0 spiro atoms. The Balaban J connectivity index is 3.56. The van der Waals surface area contributed by atoms with Gasteiger partial charge in [-0.15, -0.1) is 0 Å². The quantitative estimate of drug-likeness (QED) is 0.534. The molecule has 0 aliphatic carbocycles.